The van der Waals surface area contributed by atoms with Crippen LogP contribution in [0.5, 0.6) is 17.2 Å². The molecule has 0 saturated heterocycles. The van der Waals surface area contributed by atoms with Crippen LogP contribution in [0.15, 0.2) is 47.6 Å². The highest BCUT2D eigenvalue weighted by Gasteiger charge is 2.32. The minimum atomic E-state index is -0.441. The Morgan fingerprint density at radius 1 is 1.00 bits per heavy atom. The first-order valence-electron chi connectivity index (χ1n) is 8.81. The van der Waals surface area contributed by atoms with E-state index in [0.717, 1.165) is 11.3 Å². The van der Waals surface area contributed by atoms with Gasteiger partial charge in [0.15, 0.2) is 0 Å². The summed E-state index contributed by atoms with van der Waals surface area (Å²) in [6, 6.07) is 12.5. The Morgan fingerprint density at radius 3 is 2.21 bits per heavy atom. The zero-order valence-electron chi connectivity index (χ0n) is 16.3. The molecule has 1 heterocycles. The van der Waals surface area contributed by atoms with E-state index < -0.39 is 5.97 Å². The second kappa shape index (κ2) is 8.12. The molecule has 1 atom stereocenters. The molecular formula is C21H22N2O5. The van der Waals surface area contributed by atoms with E-state index in [4.69, 9.17) is 14.2 Å². The minimum absolute atomic E-state index is 0.168. The van der Waals surface area contributed by atoms with Gasteiger partial charge in [0.2, 0.25) is 5.91 Å². The van der Waals surface area contributed by atoms with Crippen LogP contribution in [0.2, 0.25) is 0 Å². The van der Waals surface area contributed by atoms with Gasteiger partial charge in [0, 0.05) is 31.9 Å². The molecule has 0 fully saturated rings. The van der Waals surface area contributed by atoms with Gasteiger partial charge < -0.3 is 14.2 Å². The highest BCUT2D eigenvalue weighted by atomic mass is 16.5. The lowest BCUT2D eigenvalue weighted by atomic mass is 9.97. The third-order valence-corrected chi connectivity index (χ3v) is 4.49. The molecule has 1 aliphatic heterocycles. The summed E-state index contributed by atoms with van der Waals surface area (Å²) in [5.74, 6) is 1.05. The molecule has 146 valence electrons. The van der Waals surface area contributed by atoms with Crippen LogP contribution >= 0.6 is 0 Å². The molecule has 3 rings (SSSR count). The molecule has 0 aromatic heterocycles. The summed E-state index contributed by atoms with van der Waals surface area (Å²) in [5.41, 5.74) is 2.26. The molecule has 0 N–H and O–H groups in total. The zero-order valence-corrected chi connectivity index (χ0v) is 16.3. The van der Waals surface area contributed by atoms with Crippen LogP contribution in [0.1, 0.15) is 37.4 Å². The molecule has 7 heteroatoms. The van der Waals surface area contributed by atoms with Gasteiger partial charge in [-0.25, -0.2) is 5.01 Å². The maximum Gasteiger partial charge on any atom is 0.308 e. The van der Waals surface area contributed by atoms with Gasteiger partial charge in [-0.15, -0.1) is 0 Å². The van der Waals surface area contributed by atoms with Gasteiger partial charge in [-0.3, -0.25) is 9.59 Å². The van der Waals surface area contributed by atoms with Crippen molar-refractivity contribution in [1.29, 1.82) is 0 Å². The molecule has 0 bridgehead atoms. The zero-order chi connectivity index (χ0) is 20.3. The standard InChI is InChI=1S/C21H22N2O5/c1-13(24)23-20(15-5-7-16(26-3)8-6-15)12-19(22-23)18-10-9-17(27-4)11-21(18)28-14(2)25/h5-11,20H,12H2,1-4H3. The molecular weight excluding hydrogens is 360 g/mol. The minimum Gasteiger partial charge on any atom is -0.497 e. The van der Waals surface area contributed by atoms with E-state index in [2.05, 4.69) is 5.10 Å². The molecule has 2 aromatic rings. The topological polar surface area (TPSA) is 77.4 Å². The number of carbonyl (C=O) groups is 2. The van der Waals surface area contributed by atoms with Crippen molar-refractivity contribution in [3.63, 3.8) is 0 Å². The number of hydrazone groups is 1. The second-order valence-electron chi connectivity index (χ2n) is 6.36. The van der Waals surface area contributed by atoms with Gasteiger partial charge in [0.25, 0.3) is 0 Å². The Morgan fingerprint density at radius 2 is 1.64 bits per heavy atom. The van der Waals surface area contributed by atoms with E-state index in [1.165, 1.54) is 26.0 Å². The number of methoxy groups -OCH3 is 2. The fourth-order valence-electron chi connectivity index (χ4n) is 3.16. The Bertz CT molecular complexity index is 921. The Hall–Kier alpha value is -3.35. The maximum absolute atomic E-state index is 12.2. The lowest BCUT2D eigenvalue weighted by Gasteiger charge is -2.20. The summed E-state index contributed by atoms with van der Waals surface area (Å²) in [7, 11) is 3.14. The van der Waals surface area contributed by atoms with Gasteiger partial charge in [-0.05, 0) is 29.8 Å². The van der Waals surface area contributed by atoms with Crippen molar-refractivity contribution in [3.8, 4) is 17.2 Å². The summed E-state index contributed by atoms with van der Waals surface area (Å²) >= 11 is 0. The van der Waals surface area contributed by atoms with Crippen LogP contribution in [-0.4, -0.2) is 36.8 Å². The average Bonchev–Trinajstić information content (AvgIpc) is 3.13. The maximum atomic E-state index is 12.2. The van der Waals surface area contributed by atoms with Gasteiger partial charge in [0.05, 0.1) is 26.0 Å². The molecule has 7 nitrogen and oxygen atoms in total. The van der Waals surface area contributed by atoms with E-state index in [1.807, 2.05) is 24.3 Å². The summed E-state index contributed by atoms with van der Waals surface area (Å²) in [5, 5.41) is 5.98. The summed E-state index contributed by atoms with van der Waals surface area (Å²) in [6.45, 7) is 2.81. The molecule has 0 saturated carbocycles. The summed E-state index contributed by atoms with van der Waals surface area (Å²) in [4.78, 5) is 23.7. The highest BCUT2D eigenvalue weighted by molar-refractivity contribution is 6.05. The first-order valence-corrected chi connectivity index (χ1v) is 8.81. The first kappa shape index (κ1) is 19.4. The van der Waals surface area contributed by atoms with Crippen LogP contribution in [0.4, 0.5) is 0 Å². The molecule has 1 aliphatic rings. The highest BCUT2D eigenvalue weighted by Crippen LogP contribution is 2.36. The van der Waals surface area contributed by atoms with E-state index in [1.54, 1.807) is 25.3 Å². The molecule has 28 heavy (non-hydrogen) atoms. The number of benzene rings is 2. The van der Waals surface area contributed by atoms with Gasteiger partial charge in [0.1, 0.15) is 17.2 Å². The van der Waals surface area contributed by atoms with Crippen LogP contribution in [0.25, 0.3) is 0 Å². The van der Waals surface area contributed by atoms with E-state index in [-0.39, 0.29) is 11.9 Å². The van der Waals surface area contributed by atoms with Crippen molar-refractivity contribution in [1.82, 2.24) is 5.01 Å². The third kappa shape index (κ3) is 3.98. The van der Waals surface area contributed by atoms with Crippen LogP contribution in [-0.2, 0) is 9.59 Å². The van der Waals surface area contributed by atoms with Crippen molar-refractivity contribution in [2.75, 3.05) is 14.2 Å². The number of hydrogen-bond acceptors (Lipinski definition) is 6. The number of esters is 1. The van der Waals surface area contributed by atoms with E-state index in [9.17, 15) is 9.59 Å². The molecule has 0 radical (unpaired) electrons. The normalized spacial score (nSPS) is 15.8. The first-order chi connectivity index (χ1) is 13.4. The largest absolute Gasteiger partial charge is 0.497 e. The third-order valence-electron chi connectivity index (χ3n) is 4.49. The van der Waals surface area contributed by atoms with E-state index in [0.29, 0.717) is 29.2 Å². The predicted molar refractivity (Wildman–Crippen MR) is 104 cm³/mol. The Kier molecular flexibility index (Phi) is 5.63. The lowest BCUT2D eigenvalue weighted by Crippen LogP contribution is -2.24. The number of nitrogens with zero attached hydrogens (tertiary/aromatic N) is 2. The average molecular weight is 382 g/mol. The lowest BCUT2D eigenvalue weighted by molar-refractivity contribution is -0.132. The number of rotatable bonds is 5. The van der Waals surface area contributed by atoms with Crippen LogP contribution in [0, 0.1) is 0 Å². The fraction of sp³-hybridized carbons (Fsp3) is 0.286. The van der Waals surface area contributed by atoms with Crippen molar-refractivity contribution in [2.24, 2.45) is 5.10 Å². The van der Waals surface area contributed by atoms with Crippen molar-refractivity contribution in [2.45, 2.75) is 26.3 Å². The second-order valence-corrected chi connectivity index (χ2v) is 6.36. The SMILES string of the molecule is COc1ccc(C2CC(c3ccc(OC)cc3OC(C)=O)=NN2C(C)=O)cc1. The number of amides is 1. The van der Waals surface area contributed by atoms with Gasteiger partial charge in [-0.1, -0.05) is 12.1 Å². The van der Waals surface area contributed by atoms with Crippen LogP contribution in [0.3, 0.4) is 0 Å². The quantitative estimate of drug-likeness (QED) is 0.586. The smallest absolute Gasteiger partial charge is 0.308 e. The van der Waals surface area contributed by atoms with Gasteiger partial charge >= 0.3 is 5.97 Å². The monoisotopic (exact) mass is 382 g/mol. The van der Waals surface area contributed by atoms with Crippen molar-refractivity contribution in [3.05, 3.63) is 53.6 Å². The fourth-order valence-corrected chi connectivity index (χ4v) is 3.16. The Balaban J connectivity index is 1.97. The number of ether oxygens (including phenoxy) is 3. The predicted octanol–water partition coefficient (Wildman–Crippen LogP) is 3.33. The molecule has 0 aliphatic carbocycles. The van der Waals surface area contributed by atoms with E-state index >= 15 is 0 Å². The molecule has 1 unspecified atom stereocenters. The van der Waals surface area contributed by atoms with Crippen molar-refractivity contribution < 1.29 is 23.8 Å². The number of carbonyl (C=O) groups excluding carboxylic acids is 2. The van der Waals surface area contributed by atoms with Crippen molar-refractivity contribution >= 4 is 17.6 Å². The number of hydrogen-bond donors (Lipinski definition) is 0. The Labute approximate surface area is 163 Å². The molecule has 2 aromatic carbocycles. The molecule has 0 spiro atoms. The van der Waals surface area contributed by atoms with Crippen LogP contribution < -0.4 is 14.2 Å². The summed E-state index contributed by atoms with van der Waals surface area (Å²) < 4.78 is 15.8. The molecule has 1 amide bonds. The van der Waals surface area contributed by atoms with Gasteiger partial charge in [-0.2, -0.15) is 5.10 Å². The summed E-state index contributed by atoms with van der Waals surface area (Å²) in [6.07, 6.45) is 0.493.